The van der Waals surface area contributed by atoms with Crippen molar-refractivity contribution in [2.75, 3.05) is 13.1 Å². The minimum Gasteiger partial charge on any atom is -0.489 e. The van der Waals surface area contributed by atoms with Crippen LogP contribution in [0.2, 0.25) is 0 Å². The van der Waals surface area contributed by atoms with Gasteiger partial charge in [0.15, 0.2) is 5.69 Å². The number of aromatic nitrogens is 1. The molecule has 1 N–H and O–H groups in total. The van der Waals surface area contributed by atoms with Crippen molar-refractivity contribution in [1.29, 1.82) is 0 Å². The number of nitrogens with zero attached hydrogens (tertiary/aromatic N) is 2. The molecule has 0 saturated carbocycles. The summed E-state index contributed by atoms with van der Waals surface area (Å²) in [5.41, 5.74) is 2.12. The van der Waals surface area contributed by atoms with Gasteiger partial charge in [0.25, 0.3) is 5.91 Å². The molecule has 2 amide bonds. The van der Waals surface area contributed by atoms with E-state index < -0.39 is 0 Å². The molecule has 2 fully saturated rings. The number of rotatable bonds is 4. The maximum absolute atomic E-state index is 13.1. The molecule has 2 atom stereocenters. The molecule has 2 aliphatic heterocycles. The third kappa shape index (κ3) is 3.74. The van der Waals surface area contributed by atoms with Crippen LogP contribution in [0.25, 0.3) is 0 Å². The fourth-order valence-corrected chi connectivity index (χ4v) is 3.97. The minimum absolute atomic E-state index is 0.0270. The van der Waals surface area contributed by atoms with E-state index in [2.05, 4.69) is 10.5 Å². The SMILES string of the molecule is Cc1ccc(OCc2c(C(=O)N3C[C@H]4CCCC(=O)N[C@H]4C3)noc2C)cc1. The lowest BCUT2D eigenvalue weighted by Crippen LogP contribution is -2.39. The Hall–Kier alpha value is -2.83. The highest BCUT2D eigenvalue weighted by atomic mass is 16.5. The summed E-state index contributed by atoms with van der Waals surface area (Å²) in [7, 11) is 0. The van der Waals surface area contributed by atoms with E-state index in [1.165, 1.54) is 0 Å². The molecule has 148 valence electrons. The number of aryl methyl sites for hydroxylation is 2. The molecule has 7 nitrogen and oxygen atoms in total. The Morgan fingerprint density at radius 1 is 1.29 bits per heavy atom. The number of nitrogens with one attached hydrogen (secondary N) is 1. The molecular formula is C21H25N3O4. The highest BCUT2D eigenvalue weighted by Gasteiger charge is 2.39. The van der Waals surface area contributed by atoms with Crippen molar-refractivity contribution in [2.45, 2.75) is 45.8 Å². The van der Waals surface area contributed by atoms with Gasteiger partial charge in [0.05, 0.1) is 11.6 Å². The lowest BCUT2D eigenvalue weighted by molar-refractivity contribution is -0.121. The van der Waals surface area contributed by atoms with Crippen LogP contribution in [0, 0.1) is 19.8 Å². The Labute approximate surface area is 164 Å². The summed E-state index contributed by atoms with van der Waals surface area (Å²) >= 11 is 0. The van der Waals surface area contributed by atoms with E-state index in [0.717, 1.165) is 24.2 Å². The fourth-order valence-electron chi connectivity index (χ4n) is 3.97. The van der Waals surface area contributed by atoms with E-state index in [4.69, 9.17) is 9.26 Å². The summed E-state index contributed by atoms with van der Waals surface area (Å²) in [5, 5.41) is 7.05. The lowest BCUT2D eigenvalue weighted by atomic mass is 9.99. The molecule has 28 heavy (non-hydrogen) atoms. The number of hydrogen-bond acceptors (Lipinski definition) is 5. The van der Waals surface area contributed by atoms with Crippen molar-refractivity contribution in [2.24, 2.45) is 5.92 Å². The Bertz CT molecular complexity index is 874. The van der Waals surface area contributed by atoms with Crippen molar-refractivity contribution in [3.63, 3.8) is 0 Å². The maximum Gasteiger partial charge on any atom is 0.276 e. The standard InChI is InChI=1S/C21H25N3O4/c1-13-6-8-16(9-7-13)27-12-17-14(2)28-23-20(17)21(26)24-10-15-4-3-5-19(25)22-18(15)11-24/h6-9,15,18H,3-5,10-12H2,1-2H3,(H,22,25)/t15-,18+/m1/s1. The van der Waals surface area contributed by atoms with E-state index in [9.17, 15) is 9.59 Å². The first-order chi connectivity index (χ1) is 13.5. The van der Waals surface area contributed by atoms with Gasteiger partial charge in [-0.3, -0.25) is 9.59 Å². The molecule has 0 bridgehead atoms. The van der Waals surface area contributed by atoms with Crippen LogP contribution >= 0.6 is 0 Å². The Balaban J connectivity index is 1.46. The smallest absolute Gasteiger partial charge is 0.276 e. The number of hydrogen-bond donors (Lipinski definition) is 1. The monoisotopic (exact) mass is 383 g/mol. The molecule has 1 aromatic heterocycles. The van der Waals surface area contributed by atoms with E-state index >= 15 is 0 Å². The molecule has 0 radical (unpaired) electrons. The van der Waals surface area contributed by atoms with Crippen molar-refractivity contribution in [3.05, 3.63) is 46.8 Å². The average molecular weight is 383 g/mol. The Kier molecular flexibility index (Phi) is 5.07. The first-order valence-electron chi connectivity index (χ1n) is 9.74. The third-order valence-electron chi connectivity index (χ3n) is 5.64. The number of amides is 2. The first kappa shape index (κ1) is 18.5. The quantitative estimate of drug-likeness (QED) is 0.877. The van der Waals surface area contributed by atoms with Gasteiger partial charge in [0.2, 0.25) is 5.91 Å². The zero-order valence-electron chi connectivity index (χ0n) is 16.2. The van der Waals surface area contributed by atoms with Crippen LogP contribution in [0.5, 0.6) is 5.75 Å². The highest BCUT2D eigenvalue weighted by molar-refractivity contribution is 5.94. The van der Waals surface area contributed by atoms with Crippen LogP contribution in [0.1, 0.15) is 46.6 Å². The first-order valence-corrected chi connectivity index (χ1v) is 9.74. The molecule has 0 spiro atoms. The third-order valence-corrected chi connectivity index (χ3v) is 5.64. The van der Waals surface area contributed by atoms with Gasteiger partial charge in [-0.1, -0.05) is 22.9 Å². The second-order valence-corrected chi connectivity index (χ2v) is 7.70. The highest BCUT2D eigenvalue weighted by Crippen LogP contribution is 2.27. The number of likely N-dealkylation sites (tertiary alicyclic amines) is 1. The van der Waals surface area contributed by atoms with Crippen LogP contribution in [-0.2, 0) is 11.4 Å². The van der Waals surface area contributed by atoms with Crippen LogP contribution in [0.4, 0.5) is 0 Å². The van der Waals surface area contributed by atoms with Crippen molar-refractivity contribution < 1.29 is 18.8 Å². The Morgan fingerprint density at radius 2 is 2.07 bits per heavy atom. The molecule has 0 unspecified atom stereocenters. The van der Waals surface area contributed by atoms with Gasteiger partial charge < -0.3 is 19.5 Å². The number of carbonyl (C=O) groups is 2. The molecule has 0 aliphatic carbocycles. The van der Waals surface area contributed by atoms with Crippen LogP contribution in [0.15, 0.2) is 28.8 Å². The zero-order valence-corrected chi connectivity index (χ0v) is 16.2. The number of ether oxygens (including phenoxy) is 1. The topological polar surface area (TPSA) is 84.7 Å². The van der Waals surface area contributed by atoms with Gasteiger partial charge in [-0.05, 0) is 44.7 Å². The summed E-state index contributed by atoms with van der Waals surface area (Å²) in [6, 6.07) is 7.78. The van der Waals surface area contributed by atoms with E-state index in [1.807, 2.05) is 31.2 Å². The number of carbonyl (C=O) groups excluding carboxylic acids is 2. The second kappa shape index (κ2) is 7.66. The molecule has 1 aromatic carbocycles. The number of benzene rings is 1. The lowest BCUT2D eigenvalue weighted by Gasteiger charge is -2.16. The molecule has 3 heterocycles. The van der Waals surface area contributed by atoms with Gasteiger partial charge >= 0.3 is 0 Å². The normalized spacial score (nSPS) is 21.8. The van der Waals surface area contributed by atoms with Gasteiger partial charge in [0, 0.05) is 19.5 Å². The van der Waals surface area contributed by atoms with Crippen molar-refractivity contribution >= 4 is 11.8 Å². The van der Waals surface area contributed by atoms with E-state index in [0.29, 0.717) is 42.4 Å². The molecule has 7 heteroatoms. The number of fused-ring (bicyclic) bond motifs is 1. The predicted molar refractivity (Wildman–Crippen MR) is 102 cm³/mol. The summed E-state index contributed by atoms with van der Waals surface area (Å²) in [5.74, 6) is 1.52. The van der Waals surface area contributed by atoms with Crippen LogP contribution < -0.4 is 10.1 Å². The maximum atomic E-state index is 13.1. The largest absolute Gasteiger partial charge is 0.489 e. The summed E-state index contributed by atoms with van der Waals surface area (Å²) in [4.78, 5) is 26.7. The summed E-state index contributed by atoms with van der Waals surface area (Å²) < 4.78 is 11.1. The van der Waals surface area contributed by atoms with Gasteiger partial charge in [0.1, 0.15) is 18.1 Å². The van der Waals surface area contributed by atoms with E-state index in [-0.39, 0.29) is 24.5 Å². The van der Waals surface area contributed by atoms with Gasteiger partial charge in [-0.25, -0.2) is 0 Å². The minimum atomic E-state index is -0.165. The molecule has 2 aliphatic rings. The molecule has 4 rings (SSSR count). The summed E-state index contributed by atoms with van der Waals surface area (Å²) in [6.45, 7) is 5.17. The van der Waals surface area contributed by atoms with Crippen LogP contribution in [0.3, 0.4) is 0 Å². The van der Waals surface area contributed by atoms with Crippen molar-refractivity contribution in [1.82, 2.24) is 15.4 Å². The molecule has 2 aromatic rings. The summed E-state index contributed by atoms with van der Waals surface area (Å²) in [6.07, 6.45) is 2.39. The molecule has 2 saturated heterocycles. The van der Waals surface area contributed by atoms with Gasteiger partial charge in [-0.15, -0.1) is 0 Å². The Morgan fingerprint density at radius 3 is 2.86 bits per heavy atom. The van der Waals surface area contributed by atoms with E-state index in [1.54, 1.807) is 11.8 Å². The van der Waals surface area contributed by atoms with Gasteiger partial charge in [-0.2, -0.15) is 0 Å². The average Bonchev–Trinajstić information content (AvgIpc) is 3.19. The zero-order chi connectivity index (χ0) is 19.7. The van der Waals surface area contributed by atoms with Crippen molar-refractivity contribution in [3.8, 4) is 5.75 Å². The second-order valence-electron chi connectivity index (χ2n) is 7.70. The predicted octanol–water partition coefficient (Wildman–Crippen LogP) is 2.61. The van der Waals surface area contributed by atoms with Crippen LogP contribution in [-0.4, -0.2) is 41.0 Å². The molecular weight excluding hydrogens is 358 g/mol. The fraction of sp³-hybridized carbons (Fsp3) is 0.476.